The number of nitrogens with one attached hydrogen (secondary N) is 1. The van der Waals surface area contributed by atoms with Gasteiger partial charge in [-0.3, -0.25) is 9.59 Å². The minimum absolute atomic E-state index is 0.0419. The Kier molecular flexibility index (Phi) is 6.38. The zero-order valence-corrected chi connectivity index (χ0v) is 20.4. The summed E-state index contributed by atoms with van der Waals surface area (Å²) in [5.41, 5.74) is 2.22. The summed E-state index contributed by atoms with van der Waals surface area (Å²) in [7, 11) is 3.14. The Labute approximate surface area is 211 Å². The van der Waals surface area contributed by atoms with E-state index < -0.39 is 0 Å². The molecule has 5 aromatic rings. The lowest BCUT2D eigenvalue weighted by Gasteiger charge is -2.13. The number of amides is 1. The Morgan fingerprint density at radius 3 is 2.54 bits per heavy atom. The summed E-state index contributed by atoms with van der Waals surface area (Å²) in [6, 6.07) is 17.6. The Hall–Kier alpha value is -4.99. The predicted octanol–water partition coefficient (Wildman–Crippen LogP) is 4.08. The molecule has 0 aliphatic rings. The van der Waals surface area contributed by atoms with Gasteiger partial charge < -0.3 is 23.9 Å². The lowest BCUT2D eigenvalue weighted by molar-refractivity contribution is -0.116. The van der Waals surface area contributed by atoms with Crippen LogP contribution in [0.15, 0.2) is 76.2 Å². The number of rotatable bonds is 7. The van der Waals surface area contributed by atoms with E-state index in [9.17, 15) is 9.59 Å². The lowest BCUT2D eigenvalue weighted by Crippen LogP contribution is -2.22. The van der Waals surface area contributed by atoms with Crippen LogP contribution in [0.25, 0.3) is 33.9 Å². The lowest BCUT2D eigenvalue weighted by atomic mass is 10.1. The van der Waals surface area contributed by atoms with Gasteiger partial charge in [0.15, 0.2) is 0 Å². The summed E-state index contributed by atoms with van der Waals surface area (Å²) in [6.45, 7) is 1.72. The van der Waals surface area contributed by atoms with E-state index in [0.717, 1.165) is 0 Å². The number of benzene rings is 2. The molecule has 0 saturated carbocycles. The van der Waals surface area contributed by atoms with Gasteiger partial charge in [0.2, 0.25) is 17.2 Å². The fourth-order valence-corrected chi connectivity index (χ4v) is 3.88. The molecule has 37 heavy (non-hydrogen) atoms. The van der Waals surface area contributed by atoms with Gasteiger partial charge in [0, 0.05) is 29.2 Å². The van der Waals surface area contributed by atoms with Crippen LogP contribution >= 0.6 is 0 Å². The molecule has 10 heteroatoms. The van der Waals surface area contributed by atoms with Crippen molar-refractivity contribution in [3.63, 3.8) is 0 Å². The maximum absolute atomic E-state index is 13.4. The average molecular weight is 498 g/mol. The number of hydrogen-bond donors (Lipinski definition) is 1. The van der Waals surface area contributed by atoms with Crippen LogP contribution in [-0.4, -0.2) is 39.8 Å². The van der Waals surface area contributed by atoms with E-state index in [-0.39, 0.29) is 29.3 Å². The van der Waals surface area contributed by atoms with Crippen LogP contribution in [-0.2, 0) is 11.3 Å². The summed E-state index contributed by atoms with van der Waals surface area (Å²) >= 11 is 0. The first-order chi connectivity index (χ1) is 17.9. The van der Waals surface area contributed by atoms with Crippen LogP contribution in [0.4, 0.5) is 5.69 Å². The second kappa shape index (κ2) is 9.94. The number of fused-ring (bicyclic) bond motifs is 1. The molecular formula is C27H23N5O5. The quantitative estimate of drug-likeness (QED) is 0.357. The number of methoxy groups -OCH3 is 2. The van der Waals surface area contributed by atoms with Crippen LogP contribution in [0.5, 0.6) is 11.5 Å². The van der Waals surface area contributed by atoms with Gasteiger partial charge in [0.25, 0.3) is 5.89 Å². The topological polar surface area (TPSA) is 121 Å². The van der Waals surface area contributed by atoms with E-state index in [0.29, 0.717) is 45.3 Å². The number of aryl methyl sites for hydroxylation is 1. The molecule has 0 aliphatic carbocycles. The highest BCUT2D eigenvalue weighted by Gasteiger charge is 2.19. The summed E-state index contributed by atoms with van der Waals surface area (Å²) in [4.78, 5) is 35.2. The van der Waals surface area contributed by atoms with E-state index in [1.165, 1.54) is 6.20 Å². The molecular weight excluding hydrogens is 474 g/mol. The minimum Gasteiger partial charge on any atom is -0.497 e. The minimum atomic E-state index is -0.322. The van der Waals surface area contributed by atoms with Gasteiger partial charge in [-0.25, -0.2) is 4.98 Å². The van der Waals surface area contributed by atoms with Crippen molar-refractivity contribution in [2.45, 2.75) is 13.5 Å². The smallest absolute Gasteiger partial charge is 0.263 e. The number of carbonyl (C=O) groups excluding carboxylic acids is 1. The normalized spacial score (nSPS) is 10.9. The van der Waals surface area contributed by atoms with E-state index in [2.05, 4.69) is 20.4 Å². The Bertz CT molecular complexity index is 1660. The van der Waals surface area contributed by atoms with Crippen molar-refractivity contribution in [1.82, 2.24) is 19.7 Å². The third-order valence-electron chi connectivity index (χ3n) is 5.73. The highest BCUT2D eigenvalue weighted by atomic mass is 16.5. The first-order valence-electron chi connectivity index (χ1n) is 11.4. The third-order valence-corrected chi connectivity index (χ3v) is 5.73. The number of pyridine rings is 2. The first kappa shape index (κ1) is 23.7. The van der Waals surface area contributed by atoms with Crippen molar-refractivity contribution >= 4 is 22.6 Å². The molecule has 0 saturated heterocycles. The van der Waals surface area contributed by atoms with Crippen molar-refractivity contribution in [3.8, 4) is 34.3 Å². The molecule has 3 aromatic heterocycles. The number of anilines is 1. The van der Waals surface area contributed by atoms with Crippen molar-refractivity contribution < 1.29 is 18.8 Å². The Morgan fingerprint density at radius 2 is 1.78 bits per heavy atom. The zero-order chi connectivity index (χ0) is 25.9. The van der Waals surface area contributed by atoms with Crippen molar-refractivity contribution in [1.29, 1.82) is 0 Å². The molecule has 1 amide bonds. The van der Waals surface area contributed by atoms with Gasteiger partial charge >= 0.3 is 0 Å². The fourth-order valence-electron chi connectivity index (χ4n) is 3.88. The number of aromatic nitrogens is 4. The Morgan fingerprint density at radius 1 is 1.00 bits per heavy atom. The van der Waals surface area contributed by atoms with E-state index >= 15 is 0 Å². The third kappa shape index (κ3) is 4.90. The molecule has 0 unspecified atom stereocenters. The van der Waals surface area contributed by atoms with Crippen molar-refractivity contribution in [2.24, 2.45) is 0 Å². The summed E-state index contributed by atoms with van der Waals surface area (Å²) in [5.74, 6) is 1.37. The molecule has 186 valence electrons. The standard InChI is InChI=1S/C27H23N5O5/c1-16-7-12-21-24(34)22(27-30-25(31-37-27)17-8-10-19(35-2)11-9-17)14-32(26(21)28-16)15-23(33)29-18-5-4-6-20(13-18)36-3/h4-14H,15H2,1-3H3,(H,29,33). The molecule has 0 bridgehead atoms. The Balaban J connectivity index is 1.52. The van der Waals surface area contributed by atoms with Gasteiger partial charge in [-0.1, -0.05) is 11.2 Å². The maximum atomic E-state index is 13.4. The highest BCUT2D eigenvalue weighted by Crippen LogP contribution is 2.24. The van der Waals surface area contributed by atoms with Crippen LogP contribution in [0.3, 0.4) is 0 Å². The van der Waals surface area contributed by atoms with Crippen LogP contribution < -0.4 is 20.2 Å². The predicted molar refractivity (Wildman–Crippen MR) is 138 cm³/mol. The summed E-state index contributed by atoms with van der Waals surface area (Å²) in [6.07, 6.45) is 1.52. The molecule has 0 atom stereocenters. The second-order valence-corrected chi connectivity index (χ2v) is 8.26. The SMILES string of the molecule is COc1ccc(-c2noc(-c3cn(CC(=O)Nc4cccc(OC)c4)c4nc(C)ccc4c3=O)n2)cc1. The van der Waals surface area contributed by atoms with E-state index in [1.54, 1.807) is 79.5 Å². The number of ether oxygens (including phenoxy) is 2. The first-order valence-corrected chi connectivity index (χ1v) is 11.4. The molecule has 10 nitrogen and oxygen atoms in total. The molecule has 0 aliphatic heterocycles. The van der Waals surface area contributed by atoms with E-state index in [1.807, 2.05) is 6.92 Å². The second-order valence-electron chi connectivity index (χ2n) is 8.26. The van der Waals surface area contributed by atoms with Gasteiger partial charge in [0.05, 0.1) is 19.6 Å². The van der Waals surface area contributed by atoms with Gasteiger partial charge in [-0.2, -0.15) is 4.98 Å². The number of nitrogens with zero attached hydrogens (tertiary/aromatic N) is 4. The summed E-state index contributed by atoms with van der Waals surface area (Å²) < 4.78 is 17.5. The number of carbonyl (C=O) groups is 1. The van der Waals surface area contributed by atoms with Crippen molar-refractivity contribution in [2.75, 3.05) is 19.5 Å². The molecule has 5 rings (SSSR count). The van der Waals surface area contributed by atoms with Gasteiger partial charge in [-0.05, 0) is 55.5 Å². The maximum Gasteiger partial charge on any atom is 0.263 e. The summed E-state index contributed by atoms with van der Waals surface area (Å²) in [5, 5.41) is 7.22. The molecule has 0 radical (unpaired) electrons. The number of hydrogen-bond acceptors (Lipinski definition) is 8. The van der Waals surface area contributed by atoms with Gasteiger partial charge in [0.1, 0.15) is 29.3 Å². The van der Waals surface area contributed by atoms with E-state index in [4.69, 9.17) is 14.0 Å². The molecule has 0 spiro atoms. The molecule has 0 fully saturated rings. The molecule has 3 heterocycles. The zero-order valence-electron chi connectivity index (χ0n) is 20.4. The average Bonchev–Trinajstić information content (AvgIpc) is 3.40. The van der Waals surface area contributed by atoms with Crippen LogP contribution in [0.1, 0.15) is 5.69 Å². The molecule has 2 aromatic carbocycles. The monoisotopic (exact) mass is 497 g/mol. The van der Waals surface area contributed by atoms with Gasteiger partial charge in [-0.15, -0.1) is 0 Å². The fraction of sp³-hybridized carbons (Fsp3) is 0.148. The van der Waals surface area contributed by atoms with Crippen LogP contribution in [0.2, 0.25) is 0 Å². The highest BCUT2D eigenvalue weighted by molar-refractivity contribution is 5.92. The largest absolute Gasteiger partial charge is 0.497 e. The van der Waals surface area contributed by atoms with Crippen LogP contribution in [0, 0.1) is 6.92 Å². The van der Waals surface area contributed by atoms with Crippen molar-refractivity contribution in [3.05, 3.63) is 82.8 Å². The molecule has 1 N–H and O–H groups in total.